The molecule has 0 spiro atoms. The summed E-state index contributed by atoms with van der Waals surface area (Å²) in [4.78, 5) is 2.11. The molecule has 3 heteroatoms. The molecule has 0 aromatic carbocycles. The van der Waals surface area contributed by atoms with E-state index in [2.05, 4.69) is 17.9 Å². The highest BCUT2D eigenvalue weighted by atomic mass is 19.1. The van der Waals surface area contributed by atoms with Crippen LogP contribution in [0.5, 0.6) is 0 Å². The first-order chi connectivity index (χ1) is 6.65. The lowest BCUT2D eigenvalue weighted by molar-refractivity contribution is 0.0753. The van der Waals surface area contributed by atoms with Gasteiger partial charge in [0.25, 0.3) is 0 Å². The molecule has 1 unspecified atom stereocenters. The van der Waals surface area contributed by atoms with Crippen LogP contribution in [0.15, 0.2) is 23.4 Å². The summed E-state index contributed by atoms with van der Waals surface area (Å²) in [6, 6.07) is 0. The molecule has 1 heterocycles. The van der Waals surface area contributed by atoms with Crippen LogP contribution in [-0.4, -0.2) is 30.7 Å². The van der Waals surface area contributed by atoms with E-state index in [1.807, 2.05) is 6.08 Å². The lowest BCUT2D eigenvalue weighted by Gasteiger charge is -2.35. The molecule has 1 aliphatic carbocycles. The van der Waals surface area contributed by atoms with Gasteiger partial charge in [0.2, 0.25) is 0 Å². The van der Waals surface area contributed by atoms with Crippen molar-refractivity contribution in [3.63, 3.8) is 0 Å². The first kappa shape index (κ1) is 9.71. The average molecular weight is 196 g/mol. The van der Waals surface area contributed by atoms with Crippen molar-refractivity contribution in [3.05, 3.63) is 23.4 Å². The van der Waals surface area contributed by atoms with E-state index in [0.717, 1.165) is 18.7 Å². The summed E-state index contributed by atoms with van der Waals surface area (Å²) in [6.45, 7) is 4.15. The maximum Gasteiger partial charge on any atom is 0.125 e. The van der Waals surface area contributed by atoms with Gasteiger partial charge in [-0.3, -0.25) is 4.90 Å². The van der Waals surface area contributed by atoms with Crippen LogP contribution in [0.1, 0.15) is 13.3 Å². The molecule has 2 N–H and O–H groups in total. The van der Waals surface area contributed by atoms with Crippen molar-refractivity contribution < 1.29 is 4.39 Å². The Morgan fingerprint density at radius 2 is 2.29 bits per heavy atom. The Morgan fingerprint density at radius 3 is 2.86 bits per heavy atom. The summed E-state index contributed by atoms with van der Waals surface area (Å²) < 4.78 is 12.6. The fourth-order valence-electron chi connectivity index (χ4n) is 1.88. The molecule has 1 fully saturated rings. The molecule has 0 aromatic heterocycles. The summed E-state index contributed by atoms with van der Waals surface area (Å²) in [5.41, 5.74) is 8.06. The molecule has 1 aliphatic heterocycles. The molecular formula is C11H17FN2. The fourth-order valence-corrected chi connectivity index (χ4v) is 1.88. The van der Waals surface area contributed by atoms with Crippen molar-refractivity contribution in [3.8, 4) is 0 Å². The minimum absolute atomic E-state index is 0.462. The van der Waals surface area contributed by atoms with Crippen molar-refractivity contribution in [2.75, 3.05) is 19.6 Å². The predicted octanol–water partition coefficient (Wildman–Crippen LogP) is 1.45. The van der Waals surface area contributed by atoms with Gasteiger partial charge >= 0.3 is 0 Å². The third-order valence-corrected chi connectivity index (χ3v) is 2.97. The summed E-state index contributed by atoms with van der Waals surface area (Å²) >= 11 is 0. The summed E-state index contributed by atoms with van der Waals surface area (Å²) in [7, 11) is 0. The first-order valence-electron chi connectivity index (χ1n) is 5.17. The second-order valence-electron chi connectivity index (χ2n) is 4.35. The highest BCUT2D eigenvalue weighted by Gasteiger charge is 2.26. The number of likely N-dealkylation sites (tertiary alicyclic amines) is 1. The molecule has 0 saturated carbocycles. The predicted molar refractivity (Wildman–Crippen MR) is 55.5 cm³/mol. The standard InChI is InChI=1S/C11H17FN2/c1-8-2-3-9(4-11(8)13)5-14-6-10(12)7-14/h3-4,8,10H,2,5-7,13H2,1H3. The summed E-state index contributed by atoms with van der Waals surface area (Å²) in [5.74, 6) is 0.462. The number of halogens is 1. The lowest BCUT2D eigenvalue weighted by atomic mass is 9.94. The van der Waals surface area contributed by atoms with Gasteiger partial charge in [0, 0.05) is 25.3 Å². The number of nitrogens with zero attached hydrogens (tertiary/aromatic N) is 1. The number of allylic oxidation sites excluding steroid dienone is 2. The van der Waals surface area contributed by atoms with Gasteiger partial charge in [-0.25, -0.2) is 4.39 Å². The normalized spacial score (nSPS) is 29.4. The number of rotatable bonds is 2. The van der Waals surface area contributed by atoms with Gasteiger partial charge in [-0.1, -0.05) is 13.0 Å². The van der Waals surface area contributed by atoms with E-state index >= 15 is 0 Å². The zero-order valence-corrected chi connectivity index (χ0v) is 8.54. The van der Waals surface area contributed by atoms with Crippen LogP contribution in [-0.2, 0) is 0 Å². The van der Waals surface area contributed by atoms with E-state index in [1.165, 1.54) is 5.57 Å². The first-order valence-corrected chi connectivity index (χ1v) is 5.17. The molecule has 78 valence electrons. The molecule has 2 aliphatic rings. The molecule has 14 heavy (non-hydrogen) atoms. The van der Waals surface area contributed by atoms with Gasteiger partial charge in [-0.05, 0) is 24.0 Å². The number of alkyl halides is 1. The van der Waals surface area contributed by atoms with Gasteiger partial charge in [-0.15, -0.1) is 0 Å². The Hall–Kier alpha value is -0.830. The topological polar surface area (TPSA) is 29.3 Å². The van der Waals surface area contributed by atoms with E-state index < -0.39 is 6.17 Å². The van der Waals surface area contributed by atoms with E-state index in [1.54, 1.807) is 0 Å². The van der Waals surface area contributed by atoms with E-state index in [0.29, 0.717) is 19.0 Å². The van der Waals surface area contributed by atoms with Gasteiger partial charge < -0.3 is 5.73 Å². The number of hydrogen-bond donors (Lipinski definition) is 1. The third-order valence-electron chi connectivity index (χ3n) is 2.97. The largest absolute Gasteiger partial charge is 0.402 e. The van der Waals surface area contributed by atoms with Crippen molar-refractivity contribution in [1.29, 1.82) is 0 Å². The van der Waals surface area contributed by atoms with E-state index in [4.69, 9.17) is 5.73 Å². The van der Waals surface area contributed by atoms with Gasteiger partial charge in [0.05, 0.1) is 0 Å². The van der Waals surface area contributed by atoms with Crippen LogP contribution in [0.25, 0.3) is 0 Å². The maximum atomic E-state index is 12.6. The molecule has 2 nitrogen and oxygen atoms in total. The monoisotopic (exact) mass is 196 g/mol. The van der Waals surface area contributed by atoms with Crippen LogP contribution in [0, 0.1) is 5.92 Å². The molecular weight excluding hydrogens is 179 g/mol. The molecule has 0 radical (unpaired) electrons. The van der Waals surface area contributed by atoms with Crippen LogP contribution in [0.3, 0.4) is 0 Å². The maximum absolute atomic E-state index is 12.6. The Balaban J connectivity index is 1.88. The minimum Gasteiger partial charge on any atom is -0.402 e. The molecule has 0 bridgehead atoms. The van der Waals surface area contributed by atoms with Crippen molar-refractivity contribution >= 4 is 0 Å². The number of hydrogen-bond acceptors (Lipinski definition) is 2. The van der Waals surface area contributed by atoms with Crippen LogP contribution >= 0.6 is 0 Å². The Bertz CT molecular complexity index is 277. The van der Waals surface area contributed by atoms with Crippen molar-refractivity contribution in [2.24, 2.45) is 11.7 Å². The second kappa shape index (κ2) is 3.73. The number of nitrogens with two attached hydrogens (primary N) is 1. The van der Waals surface area contributed by atoms with Crippen molar-refractivity contribution in [2.45, 2.75) is 19.5 Å². The molecule has 1 saturated heterocycles. The quantitative estimate of drug-likeness (QED) is 0.724. The lowest BCUT2D eigenvalue weighted by Crippen LogP contribution is -2.48. The fraction of sp³-hybridized carbons (Fsp3) is 0.636. The zero-order chi connectivity index (χ0) is 10.1. The molecule has 1 atom stereocenters. The SMILES string of the molecule is CC1CC=C(CN2CC(F)C2)C=C1N. The Labute approximate surface area is 84.3 Å². The zero-order valence-electron chi connectivity index (χ0n) is 8.54. The smallest absolute Gasteiger partial charge is 0.125 e. The van der Waals surface area contributed by atoms with Crippen molar-refractivity contribution in [1.82, 2.24) is 4.90 Å². The Morgan fingerprint density at radius 1 is 1.57 bits per heavy atom. The summed E-state index contributed by atoms with van der Waals surface area (Å²) in [6.07, 6.45) is 4.66. The molecule has 2 rings (SSSR count). The minimum atomic E-state index is -0.612. The summed E-state index contributed by atoms with van der Waals surface area (Å²) in [5, 5.41) is 0. The van der Waals surface area contributed by atoms with E-state index in [-0.39, 0.29) is 0 Å². The Kier molecular flexibility index (Phi) is 2.59. The third kappa shape index (κ3) is 1.98. The van der Waals surface area contributed by atoms with Crippen LogP contribution in [0.4, 0.5) is 4.39 Å². The molecule has 0 amide bonds. The van der Waals surface area contributed by atoms with Gasteiger partial charge in [-0.2, -0.15) is 0 Å². The van der Waals surface area contributed by atoms with Crippen LogP contribution in [0.2, 0.25) is 0 Å². The van der Waals surface area contributed by atoms with Gasteiger partial charge in [0.15, 0.2) is 0 Å². The highest BCUT2D eigenvalue weighted by molar-refractivity contribution is 5.29. The second-order valence-corrected chi connectivity index (χ2v) is 4.35. The van der Waals surface area contributed by atoms with Crippen LogP contribution < -0.4 is 5.73 Å². The average Bonchev–Trinajstić information content (AvgIpc) is 2.09. The van der Waals surface area contributed by atoms with E-state index in [9.17, 15) is 4.39 Å². The highest BCUT2D eigenvalue weighted by Crippen LogP contribution is 2.22. The van der Waals surface area contributed by atoms with Gasteiger partial charge in [0.1, 0.15) is 6.17 Å². The molecule has 0 aromatic rings.